The summed E-state index contributed by atoms with van der Waals surface area (Å²) >= 11 is 6.10. The number of hydrogen-bond acceptors (Lipinski definition) is 3. The summed E-state index contributed by atoms with van der Waals surface area (Å²) in [4.78, 5) is 0.447. The molecule has 1 aliphatic heterocycles. The zero-order chi connectivity index (χ0) is 18.8. The highest BCUT2D eigenvalue weighted by atomic mass is 35.5. The van der Waals surface area contributed by atoms with Gasteiger partial charge in [0.1, 0.15) is 0 Å². The van der Waals surface area contributed by atoms with Gasteiger partial charge in [0, 0.05) is 11.1 Å². The predicted molar refractivity (Wildman–Crippen MR) is 115 cm³/mol. The van der Waals surface area contributed by atoms with Crippen LogP contribution in [0.4, 0.5) is 0 Å². The van der Waals surface area contributed by atoms with E-state index >= 15 is 0 Å². The molecule has 0 radical (unpaired) electrons. The van der Waals surface area contributed by atoms with E-state index in [4.69, 9.17) is 11.6 Å². The van der Waals surface area contributed by atoms with Crippen molar-refractivity contribution >= 4 is 33.8 Å². The van der Waals surface area contributed by atoms with Crippen molar-refractivity contribution in [3.8, 4) is 0 Å². The third kappa shape index (κ3) is 4.34. The van der Waals surface area contributed by atoms with Crippen molar-refractivity contribution in [3.63, 3.8) is 0 Å². The molecule has 1 N–H and O–H groups in total. The van der Waals surface area contributed by atoms with Crippen LogP contribution in [0.25, 0.3) is 0 Å². The van der Waals surface area contributed by atoms with E-state index in [0.717, 1.165) is 36.8 Å². The second kappa shape index (κ2) is 8.95. The van der Waals surface area contributed by atoms with E-state index in [9.17, 15) is 8.42 Å². The molecule has 2 aromatic carbocycles. The van der Waals surface area contributed by atoms with Crippen LogP contribution in [-0.2, 0) is 15.4 Å². The lowest BCUT2D eigenvalue weighted by Gasteiger charge is -2.37. The number of rotatable bonds is 5. The quantitative estimate of drug-likeness (QED) is 0.698. The maximum Gasteiger partial charge on any atom is 0.180 e. The minimum Gasteiger partial charge on any atom is -0.300 e. The fourth-order valence-corrected chi connectivity index (χ4v) is 5.94. The number of benzene rings is 2. The molecule has 2 atom stereocenters. The topological polar surface area (TPSA) is 46.2 Å². The Morgan fingerprint density at radius 2 is 1.78 bits per heavy atom. The molecule has 2 aromatic rings. The van der Waals surface area contributed by atoms with Gasteiger partial charge < -0.3 is 0 Å². The zero-order valence-electron chi connectivity index (χ0n) is 15.7. The molecule has 27 heavy (non-hydrogen) atoms. The molecule has 3 rings (SSSR count). The SMILES string of the molecule is CCCC[C@H]1CS(=O)(=O)c2ccccc2[C@@](CC)(c2ccc(Cl)cc2)N1.Cl. The van der Waals surface area contributed by atoms with Crippen LogP contribution < -0.4 is 5.32 Å². The molecule has 0 saturated heterocycles. The molecular formula is C21H27Cl2NO2S. The van der Waals surface area contributed by atoms with Crippen LogP contribution >= 0.6 is 24.0 Å². The van der Waals surface area contributed by atoms with Crippen LogP contribution in [0.3, 0.4) is 0 Å². The Bertz CT molecular complexity index is 868. The van der Waals surface area contributed by atoms with Gasteiger partial charge in [-0.2, -0.15) is 0 Å². The summed E-state index contributed by atoms with van der Waals surface area (Å²) in [7, 11) is -3.34. The first-order valence-electron chi connectivity index (χ1n) is 9.29. The third-order valence-corrected chi connectivity index (χ3v) is 7.45. The highest BCUT2D eigenvalue weighted by molar-refractivity contribution is 7.91. The maximum atomic E-state index is 13.1. The lowest BCUT2D eigenvalue weighted by Crippen LogP contribution is -2.48. The minimum absolute atomic E-state index is 0. The zero-order valence-corrected chi connectivity index (χ0v) is 18.1. The molecule has 0 aliphatic carbocycles. The molecule has 0 amide bonds. The number of unbranched alkanes of at least 4 members (excludes halogenated alkanes) is 1. The summed E-state index contributed by atoms with van der Waals surface area (Å²) in [5, 5.41) is 4.42. The van der Waals surface area contributed by atoms with Gasteiger partial charge in [-0.3, -0.25) is 5.32 Å². The van der Waals surface area contributed by atoms with Crippen LogP contribution in [-0.4, -0.2) is 20.2 Å². The van der Waals surface area contributed by atoms with Crippen LogP contribution in [0.5, 0.6) is 0 Å². The van der Waals surface area contributed by atoms with Gasteiger partial charge in [-0.15, -0.1) is 12.4 Å². The van der Waals surface area contributed by atoms with E-state index in [-0.39, 0.29) is 24.2 Å². The smallest absolute Gasteiger partial charge is 0.180 e. The number of nitrogens with one attached hydrogen (secondary N) is 1. The van der Waals surface area contributed by atoms with Crippen molar-refractivity contribution in [1.82, 2.24) is 5.32 Å². The monoisotopic (exact) mass is 427 g/mol. The van der Waals surface area contributed by atoms with Gasteiger partial charge in [0.15, 0.2) is 9.84 Å². The van der Waals surface area contributed by atoms with Gasteiger partial charge in [0.05, 0.1) is 16.2 Å². The van der Waals surface area contributed by atoms with E-state index in [0.29, 0.717) is 9.92 Å². The molecule has 1 aliphatic rings. The first-order valence-corrected chi connectivity index (χ1v) is 11.3. The van der Waals surface area contributed by atoms with Crippen molar-refractivity contribution in [2.24, 2.45) is 0 Å². The van der Waals surface area contributed by atoms with Crippen LogP contribution in [0.15, 0.2) is 53.4 Å². The molecular weight excluding hydrogens is 401 g/mol. The van der Waals surface area contributed by atoms with Crippen LogP contribution in [0.2, 0.25) is 5.02 Å². The van der Waals surface area contributed by atoms with Gasteiger partial charge in [-0.05, 0) is 42.2 Å². The summed E-state index contributed by atoms with van der Waals surface area (Å²) in [6.07, 6.45) is 3.65. The maximum absolute atomic E-state index is 13.1. The van der Waals surface area contributed by atoms with Gasteiger partial charge in [0.2, 0.25) is 0 Å². The molecule has 0 aromatic heterocycles. The van der Waals surface area contributed by atoms with E-state index in [2.05, 4.69) is 19.2 Å². The summed E-state index contributed by atoms with van der Waals surface area (Å²) < 4.78 is 26.2. The van der Waals surface area contributed by atoms with Gasteiger partial charge >= 0.3 is 0 Å². The molecule has 1 heterocycles. The predicted octanol–water partition coefficient (Wildman–Crippen LogP) is 5.35. The van der Waals surface area contributed by atoms with Crippen molar-refractivity contribution in [2.75, 3.05) is 5.75 Å². The molecule has 0 bridgehead atoms. The Hall–Kier alpha value is -1.07. The summed E-state index contributed by atoms with van der Waals surface area (Å²) in [5.41, 5.74) is 1.35. The Balaban J connectivity index is 0.00000261. The Morgan fingerprint density at radius 1 is 1.11 bits per heavy atom. The highest BCUT2D eigenvalue weighted by Gasteiger charge is 2.42. The van der Waals surface area contributed by atoms with E-state index in [1.165, 1.54) is 0 Å². The van der Waals surface area contributed by atoms with Crippen molar-refractivity contribution in [2.45, 2.75) is 56.0 Å². The average molecular weight is 428 g/mol. The molecule has 0 unspecified atom stereocenters. The molecule has 148 valence electrons. The van der Waals surface area contributed by atoms with E-state index in [1.54, 1.807) is 6.07 Å². The Morgan fingerprint density at radius 3 is 2.41 bits per heavy atom. The van der Waals surface area contributed by atoms with E-state index in [1.807, 2.05) is 42.5 Å². The Labute approximate surface area is 173 Å². The lowest BCUT2D eigenvalue weighted by atomic mass is 9.79. The average Bonchev–Trinajstić information content (AvgIpc) is 2.74. The first kappa shape index (κ1) is 22.2. The van der Waals surface area contributed by atoms with Crippen molar-refractivity contribution in [1.29, 1.82) is 0 Å². The van der Waals surface area contributed by atoms with E-state index < -0.39 is 15.4 Å². The molecule has 3 nitrogen and oxygen atoms in total. The first-order chi connectivity index (χ1) is 12.4. The minimum atomic E-state index is -3.34. The summed E-state index contributed by atoms with van der Waals surface area (Å²) in [5.74, 6) is 0.138. The van der Waals surface area contributed by atoms with Gasteiger partial charge in [0.25, 0.3) is 0 Å². The van der Waals surface area contributed by atoms with Crippen LogP contribution in [0.1, 0.15) is 50.7 Å². The number of hydrogen-bond donors (Lipinski definition) is 1. The molecule has 6 heteroatoms. The lowest BCUT2D eigenvalue weighted by molar-refractivity contribution is 0.329. The van der Waals surface area contributed by atoms with Gasteiger partial charge in [-0.25, -0.2) is 8.42 Å². The normalized spacial score (nSPS) is 23.7. The van der Waals surface area contributed by atoms with Crippen molar-refractivity contribution < 1.29 is 8.42 Å². The number of halogens is 2. The number of fused-ring (bicyclic) bond motifs is 1. The molecule has 0 fully saturated rings. The fourth-order valence-electron chi connectivity index (χ4n) is 3.99. The second-order valence-electron chi connectivity index (χ2n) is 7.03. The largest absolute Gasteiger partial charge is 0.300 e. The number of sulfone groups is 1. The van der Waals surface area contributed by atoms with Crippen molar-refractivity contribution in [3.05, 3.63) is 64.7 Å². The summed E-state index contributed by atoms with van der Waals surface area (Å²) in [6, 6.07) is 15.1. The van der Waals surface area contributed by atoms with Crippen LogP contribution in [0, 0.1) is 0 Å². The molecule has 0 spiro atoms. The third-order valence-electron chi connectivity index (χ3n) is 5.33. The summed E-state index contributed by atoms with van der Waals surface area (Å²) in [6.45, 7) is 4.24. The highest BCUT2D eigenvalue weighted by Crippen LogP contribution is 2.40. The Kier molecular flexibility index (Phi) is 7.37. The standard InChI is InChI=1S/C21H26ClNO2S.ClH/c1-3-5-8-18-15-26(24,25)20-10-7-6-9-19(20)21(4-2,23-18)16-11-13-17(22)14-12-16;/h6-7,9-14,18,23H,3-5,8,15H2,1-2H3;1H/t18-,21+;/m0./s1. The second-order valence-corrected chi connectivity index (χ2v) is 9.47. The van der Waals surface area contributed by atoms with Gasteiger partial charge in [-0.1, -0.05) is 68.6 Å². The molecule has 0 saturated carbocycles. The fraction of sp³-hybridized carbons (Fsp3) is 0.429.